The molecular weight excluding hydrogens is 247 g/mol. The summed E-state index contributed by atoms with van der Waals surface area (Å²) < 4.78 is 12.9. The molecule has 0 aliphatic rings. The number of rotatable bonds is 3. The van der Waals surface area contributed by atoms with Gasteiger partial charge in [0.1, 0.15) is 11.5 Å². The van der Waals surface area contributed by atoms with Gasteiger partial charge in [0.05, 0.1) is 0 Å². The zero-order valence-electron chi connectivity index (χ0n) is 10.4. The van der Waals surface area contributed by atoms with E-state index < -0.39 is 0 Å². The van der Waals surface area contributed by atoms with Crippen molar-refractivity contribution in [3.8, 4) is 0 Å². The molecule has 5 heteroatoms. The van der Waals surface area contributed by atoms with E-state index in [1.165, 1.54) is 47.4 Å². The van der Waals surface area contributed by atoms with Crippen LogP contribution in [0.4, 0.5) is 10.1 Å². The second-order valence-corrected chi connectivity index (χ2v) is 3.95. The van der Waals surface area contributed by atoms with Crippen LogP contribution in [-0.4, -0.2) is 17.4 Å². The summed E-state index contributed by atoms with van der Waals surface area (Å²) in [6, 6.07) is 10.0. The number of hydrogen-bond acceptors (Lipinski definition) is 2. The number of anilines is 1. The normalized spacial score (nSPS) is 10.2. The maximum atomic E-state index is 12.9. The molecule has 1 aromatic carbocycles. The van der Waals surface area contributed by atoms with Gasteiger partial charge in [-0.2, -0.15) is 0 Å². The molecule has 0 spiro atoms. The number of benzene rings is 1. The average Bonchev–Trinajstić information content (AvgIpc) is 2.41. The van der Waals surface area contributed by atoms with Crippen molar-refractivity contribution < 1.29 is 9.18 Å². The summed E-state index contributed by atoms with van der Waals surface area (Å²) in [5, 5.41) is 0. The first-order chi connectivity index (χ1) is 9.11. The molecule has 0 aliphatic heterocycles. The van der Waals surface area contributed by atoms with Crippen molar-refractivity contribution in [3.63, 3.8) is 0 Å². The molecule has 1 N–H and O–H groups in total. The van der Waals surface area contributed by atoms with Gasteiger partial charge in [-0.3, -0.25) is 9.59 Å². The number of carbonyl (C=O) groups is 1. The first kappa shape index (κ1) is 13.0. The first-order valence-electron chi connectivity index (χ1n) is 5.88. The van der Waals surface area contributed by atoms with Gasteiger partial charge in [0.2, 0.25) is 5.56 Å². The van der Waals surface area contributed by atoms with Crippen LogP contribution < -0.4 is 10.5 Å². The van der Waals surface area contributed by atoms with E-state index in [-0.39, 0.29) is 23.0 Å². The molecule has 1 heterocycles. The van der Waals surface area contributed by atoms with Crippen LogP contribution in [0.25, 0.3) is 0 Å². The summed E-state index contributed by atoms with van der Waals surface area (Å²) in [4.78, 5) is 27.4. The van der Waals surface area contributed by atoms with Crippen molar-refractivity contribution >= 4 is 11.6 Å². The van der Waals surface area contributed by atoms with Crippen LogP contribution >= 0.6 is 0 Å². The van der Waals surface area contributed by atoms with E-state index in [9.17, 15) is 14.0 Å². The van der Waals surface area contributed by atoms with E-state index in [2.05, 4.69) is 4.98 Å². The predicted octanol–water partition coefficient (Wildman–Crippen LogP) is 2.18. The maximum Gasteiger partial charge on any atom is 0.274 e. The number of nitrogens with zero attached hydrogens (tertiary/aromatic N) is 1. The van der Waals surface area contributed by atoms with Gasteiger partial charge in [0, 0.05) is 18.3 Å². The lowest BCUT2D eigenvalue weighted by Crippen LogP contribution is -2.32. The number of H-pyrrole nitrogens is 1. The number of pyridine rings is 1. The van der Waals surface area contributed by atoms with Gasteiger partial charge < -0.3 is 9.88 Å². The minimum Gasteiger partial charge on any atom is -0.318 e. The Morgan fingerprint density at radius 3 is 2.47 bits per heavy atom. The Kier molecular flexibility index (Phi) is 3.75. The molecule has 0 saturated carbocycles. The molecule has 2 aromatic rings. The molecule has 0 aliphatic carbocycles. The van der Waals surface area contributed by atoms with Crippen molar-refractivity contribution in [3.05, 3.63) is 64.3 Å². The molecule has 1 amide bonds. The predicted molar refractivity (Wildman–Crippen MR) is 70.8 cm³/mol. The Bertz CT molecular complexity index is 634. The largest absolute Gasteiger partial charge is 0.318 e. The van der Waals surface area contributed by atoms with Gasteiger partial charge in [-0.05, 0) is 37.3 Å². The van der Waals surface area contributed by atoms with Crippen molar-refractivity contribution in [1.82, 2.24) is 4.98 Å². The fraction of sp³-hybridized carbons (Fsp3) is 0.143. The molecule has 0 saturated heterocycles. The topological polar surface area (TPSA) is 53.2 Å². The minimum atomic E-state index is -0.361. The Morgan fingerprint density at radius 1 is 1.21 bits per heavy atom. The molecule has 0 atom stereocenters. The number of halogens is 1. The number of aromatic amines is 1. The highest BCUT2D eigenvalue weighted by molar-refractivity contribution is 6.04. The highest BCUT2D eigenvalue weighted by Gasteiger charge is 2.16. The van der Waals surface area contributed by atoms with E-state index in [0.29, 0.717) is 12.2 Å². The lowest BCUT2D eigenvalue weighted by atomic mass is 10.2. The number of hydrogen-bond donors (Lipinski definition) is 1. The molecule has 1 aromatic heterocycles. The summed E-state index contributed by atoms with van der Waals surface area (Å²) in [5.74, 6) is -0.688. The Hall–Kier alpha value is -2.43. The van der Waals surface area contributed by atoms with Gasteiger partial charge >= 0.3 is 0 Å². The zero-order chi connectivity index (χ0) is 13.8. The van der Waals surface area contributed by atoms with Crippen LogP contribution in [0.15, 0.2) is 47.3 Å². The number of carbonyl (C=O) groups excluding carboxylic acids is 1. The highest BCUT2D eigenvalue weighted by atomic mass is 19.1. The van der Waals surface area contributed by atoms with Gasteiger partial charge in [0.25, 0.3) is 5.91 Å². The van der Waals surface area contributed by atoms with E-state index in [1.54, 1.807) is 0 Å². The Morgan fingerprint density at radius 2 is 1.89 bits per heavy atom. The third-order valence-electron chi connectivity index (χ3n) is 2.70. The zero-order valence-corrected chi connectivity index (χ0v) is 10.4. The smallest absolute Gasteiger partial charge is 0.274 e. The van der Waals surface area contributed by atoms with Crippen LogP contribution in [0.1, 0.15) is 17.4 Å². The monoisotopic (exact) mass is 260 g/mol. The van der Waals surface area contributed by atoms with Crippen LogP contribution in [0.5, 0.6) is 0 Å². The summed E-state index contributed by atoms with van der Waals surface area (Å²) in [6.45, 7) is 2.23. The van der Waals surface area contributed by atoms with Crippen LogP contribution in [0.3, 0.4) is 0 Å². The fourth-order valence-electron chi connectivity index (χ4n) is 1.78. The third-order valence-corrected chi connectivity index (χ3v) is 2.70. The van der Waals surface area contributed by atoms with Gasteiger partial charge in [-0.25, -0.2) is 4.39 Å². The maximum absolute atomic E-state index is 12.9. The van der Waals surface area contributed by atoms with E-state index in [1.807, 2.05) is 6.92 Å². The number of nitrogens with one attached hydrogen (secondary N) is 1. The van der Waals surface area contributed by atoms with Crippen molar-refractivity contribution in [1.29, 1.82) is 0 Å². The number of aromatic nitrogens is 1. The lowest BCUT2D eigenvalue weighted by molar-refractivity contribution is 0.0983. The fourth-order valence-corrected chi connectivity index (χ4v) is 1.78. The van der Waals surface area contributed by atoms with E-state index in [4.69, 9.17) is 0 Å². The SMILES string of the molecule is CCN(C(=O)c1cccc(=O)[nH]1)c1ccc(F)cc1. The second-order valence-electron chi connectivity index (χ2n) is 3.95. The van der Waals surface area contributed by atoms with Crippen molar-refractivity contribution in [2.45, 2.75) is 6.92 Å². The lowest BCUT2D eigenvalue weighted by Gasteiger charge is -2.20. The summed E-state index contributed by atoms with van der Waals surface area (Å²) >= 11 is 0. The van der Waals surface area contributed by atoms with Crippen molar-refractivity contribution in [2.24, 2.45) is 0 Å². The average molecular weight is 260 g/mol. The highest BCUT2D eigenvalue weighted by Crippen LogP contribution is 2.16. The molecule has 0 radical (unpaired) electrons. The molecular formula is C14H13FN2O2. The quantitative estimate of drug-likeness (QED) is 0.919. The first-order valence-corrected chi connectivity index (χ1v) is 5.88. The summed E-state index contributed by atoms with van der Waals surface area (Å²) in [7, 11) is 0. The summed E-state index contributed by atoms with van der Waals surface area (Å²) in [6.07, 6.45) is 0. The van der Waals surface area contributed by atoms with Crippen LogP contribution in [0, 0.1) is 5.82 Å². The molecule has 0 unspecified atom stereocenters. The van der Waals surface area contributed by atoms with Crippen LogP contribution in [-0.2, 0) is 0 Å². The standard InChI is InChI=1S/C14H13FN2O2/c1-2-17(11-8-6-10(15)7-9-11)14(19)12-4-3-5-13(18)16-12/h3-9H,2H2,1H3,(H,16,18). The molecule has 19 heavy (non-hydrogen) atoms. The van der Waals surface area contributed by atoms with Gasteiger partial charge in [-0.1, -0.05) is 6.07 Å². The molecule has 98 valence electrons. The van der Waals surface area contributed by atoms with Crippen molar-refractivity contribution in [2.75, 3.05) is 11.4 Å². The molecule has 0 bridgehead atoms. The second kappa shape index (κ2) is 5.48. The van der Waals surface area contributed by atoms with E-state index in [0.717, 1.165) is 0 Å². The molecule has 4 nitrogen and oxygen atoms in total. The van der Waals surface area contributed by atoms with E-state index >= 15 is 0 Å². The molecule has 2 rings (SSSR count). The van der Waals surface area contributed by atoms with Gasteiger partial charge in [-0.15, -0.1) is 0 Å². The minimum absolute atomic E-state index is 0.207. The number of amides is 1. The van der Waals surface area contributed by atoms with Crippen LogP contribution in [0.2, 0.25) is 0 Å². The Balaban J connectivity index is 2.34. The van der Waals surface area contributed by atoms with Gasteiger partial charge in [0.15, 0.2) is 0 Å². The summed E-state index contributed by atoms with van der Waals surface area (Å²) in [5.41, 5.74) is 0.457. The molecule has 0 fully saturated rings. The third kappa shape index (κ3) is 2.88. The Labute approximate surface area is 109 Å².